The molecule has 1 aromatic rings. The van der Waals surface area contributed by atoms with Crippen molar-refractivity contribution in [3.63, 3.8) is 0 Å². The average Bonchev–Trinajstić information content (AvgIpc) is 2.35. The summed E-state index contributed by atoms with van der Waals surface area (Å²) in [4.78, 5) is 0. The number of halogens is 1. The van der Waals surface area contributed by atoms with E-state index in [0.717, 1.165) is 36.6 Å². The number of rotatable bonds is 7. The lowest BCUT2D eigenvalue weighted by Gasteiger charge is -2.14. The van der Waals surface area contributed by atoms with Crippen LogP contribution in [-0.2, 0) is 6.42 Å². The molecule has 0 aliphatic heterocycles. The van der Waals surface area contributed by atoms with Gasteiger partial charge in [0.15, 0.2) is 11.5 Å². The number of alkyl halides is 1. The Balaban J connectivity index is 2.73. The fraction of sp³-hybridized carbons (Fsp3) is 0.538. The van der Waals surface area contributed by atoms with Gasteiger partial charge in [0.05, 0.1) is 14.2 Å². The van der Waals surface area contributed by atoms with Gasteiger partial charge in [-0.05, 0) is 37.1 Å². The second kappa shape index (κ2) is 7.41. The minimum absolute atomic E-state index is 0.644. The minimum Gasteiger partial charge on any atom is -0.493 e. The first kappa shape index (κ1) is 14.1. The summed E-state index contributed by atoms with van der Waals surface area (Å²) < 4.78 is 10.6. The fourth-order valence-corrected chi connectivity index (χ4v) is 1.94. The summed E-state index contributed by atoms with van der Waals surface area (Å²) in [6.45, 7) is 3.81. The van der Waals surface area contributed by atoms with Gasteiger partial charge in [-0.2, -0.15) is 0 Å². The van der Waals surface area contributed by atoms with Crippen LogP contribution in [0.15, 0.2) is 12.1 Å². The van der Waals surface area contributed by atoms with E-state index in [2.05, 4.69) is 18.3 Å². The van der Waals surface area contributed by atoms with Gasteiger partial charge in [-0.1, -0.05) is 6.07 Å². The van der Waals surface area contributed by atoms with Crippen molar-refractivity contribution in [2.45, 2.75) is 13.3 Å². The second-order valence-corrected chi connectivity index (χ2v) is 4.15. The standard InChI is InChI=1S/C13H20ClNO2/c1-10-11(6-8-15-9-7-14)4-5-12(16-2)13(10)17-3/h4-5,15H,6-9H2,1-3H3. The zero-order chi connectivity index (χ0) is 12.7. The highest BCUT2D eigenvalue weighted by molar-refractivity contribution is 6.18. The van der Waals surface area contributed by atoms with Crippen LogP contribution in [0.3, 0.4) is 0 Å². The van der Waals surface area contributed by atoms with E-state index < -0.39 is 0 Å². The Morgan fingerprint density at radius 2 is 1.94 bits per heavy atom. The van der Waals surface area contributed by atoms with E-state index in [1.54, 1.807) is 14.2 Å². The average molecular weight is 258 g/mol. The Morgan fingerprint density at radius 3 is 2.53 bits per heavy atom. The molecule has 0 radical (unpaired) electrons. The summed E-state index contributed by atoms with van der Waals surface area (Å²) in [6.07, 6.45) is 0.961. The van der Waals surface area contributed by atoms with Crippen molar-refractivity contribution in [1.29, 1.82) is 0 Å². The van der Waals surface area contributed by atoms with E-state index in [9.17, 15) is 0 Å². The van der Waals surface area contributed by atoms with Crippen molar-refractivity contribution in [3.05, 3.63) is 23.3 Å². The second-order valence-electron chi connectivity index (χ2n) is 3.77. The summed E-state index contributed by atoms with van der Waals surface area (Å²) >= 11 is 5.60. The van der Waals surface area contributed by atoms with Crippen LogP contribution in [-0.4, -0.2) is 33.2 Å². The van der Waals surface area contributed by atoms with Crippen molar-refractivity contribution in [3.8, 4) is 11.5 Å². The maximum absolute atomic E-state index is 5.60. The van der Waals surface area contributed by atoms with E-state index in [4.69, 9.17) is 21.1 Å². The van der Waals surface area contributed by atoms with Gasteiger partial charge in [0.2, 0.25) is 0 Å². The van der Waals surface area contributed by atoms with Crippen molar-refractivity contribution in [1.82, 2.24) is 5.32 Å². The first-order valence-electron chi connectivity index (χ1n) is 5.71. The highest BCUT2D eigenvalue weighted by atomic mass is 35.5. The minimum atomic E-state index is 0.644. The van der Waals surface area contributed by atoms with E-state index in [-0.39, 0.29) is 0 Å². The predicted octanol–water partition coefficient (Wildman–Crippen LogP) is 2.38. The molecule has 0 atom stereocenters. The number of hydrogen-bond acceptors (Lipinski definition) is 3. The smallest absolute Gasteiger partial charge is 0.163 e. The Bertz CT molecular complexity index is 356. The highest BCUT2D eigenvalue weighted by Crippen LogP contribution is 2.32. The van der Waals surface area contributed by atoms with E-state index in [1.807, 2.05) is 6.07 Å². The van der Waals surface area contributed by atoms with Crippen LogP contribution < -0.4 is 14.8 Å². The quantitative estimate of drug-likeness (QED) is 0.601. The normalized spacial score (nSPS) is 10.4. The fourth-order valence-electron chi connectivity index (χ4n) is 1.81. The molecule has 0 spiro atoms. The number of ether oxygens (including phenoxy) is 2. The summed E-state index contributed by atoms with van der Waals surface area (Å²) in [5, 5.41) is 3.27. The van der Waals surface area contributed by atoms with E-state index in [0.29, 0.717) is 5.88 Å². The lowest BCUT2D eigenvalue weighted by molar-refractivity contribution is 0.352. The first-order valence-corrected chi connectivity index (χ1v) is 6.25. The van der Waals surface area contributed by atoms with Crippen molar-refractivity contribution in [2.24, 2.45) is 0 Å². The van der Waals surface area contributed by atoms with E-state index >= 15 is 0 Å². The van der Waals surface area contributed by atoms with E-state index in [1.165, 1.54) is 5.56 Å². The summed E-state index contributed by atoms with van der Waals surface area (Å²) in [5.74, 6) is 2.25. The number of benzene rings is 1. The summed E-state index contributed by atoms with van der Waals surface area (Å²) in [6, 6.07) is 4.03. The molecule has 4 heteroatoms. The molecular weight excluding hydrogens is 238 g/mol. The van der Waals surface area contributed by atoms with Gasteiger partial charge in [-0.25, -0.2) is 0 Å². The Labute approximate surface area is 108 Å². The third kappa shape index (κ3) is 3.79. The number of methoxy groups -OCH3 is 2. The molecule has 0 fully saturated rings. The van der Waals surface area contributed by atoms with Crippen molar-refractivity contribution >= 4 is 11.6 Å². The van der Waals surface area contributed by atoms with Gasteiger partial charge < -0.3 is 14.8 Å². The zero-order valence-corrected chi connectivity index (χ0v) is 11.4. The predicted molar refractivity (Wildman–Crippen MR) is 71.6 cm³/mol. The van der Waals surface area contributed by atoms with Gasteiger partial charge in [0.25, 0.3) is 0 Å². The molecule has 0 bridgehead atoms. The lowest BCUT2D eigenvalue weighted by atomic mass is 10.0. The molecule has 0 aromatic heterocycles. The Hall–Kier alpha value is -0.930. The topological polar surface area (TPSA) is 30.5 Å². The van der Waals surface area contributed by atoms with Crippen LogP contribution in [0.4, 0.5) is 0 Å². The molecule has 1 rings (SSSR count). The largest absolute Gasteiger partial charge is 0.493 e. The third-order valence-electron chi connectivity index (χ3n) is 2.75. The van der Waals surface area contributed by atoms with Crippen LogP contribution in [0.2, 0.25) is 0 Å². The van der Waals surface area contributed by atoms with Crippen LogP contribution in [0.25, 0.3) is 0 Å². The van der Waals surface area contributed by atoms with Gasteiger partial charge >= 0.3 is 0 Å². The zero-order valence-electron chi connectivity index (χ0n) is 10.7. The molecule has 17 heavy (non-hydrogen) atoms. The molecule has 1 N–H and O–H groups in total. The highest BCUT2D eigenvalue weighted by Gasteiger charge is 2.10. The molecule has 1 aromatic carbocycles. The maximum atomic E-state index is 5.60. The molecule has 0 saturated heterocycles. The maximum Gasteiger partial charge on any atom is 0.163 e. The lowest BCUT2D eigenvalue weighted by Crippen LogP contribution is -2.19. The number of nitrogens with one attached hydrogen (secondary N) is 1. The van der Waals surface area contributed by atoms with Gasteiger partial charge in [-0.3, -0.25) is 0 Å². The molecule has 0 saturated carbocycles. The Kier molecular flexibility index (Phi) is 6.16. The van der Waals surface area contributed by atoms with Gasteiger partial charge in [0.1, 0.15) is 0 Å². The molecule has 0 amide bonds. The monoisotopic (exact) mass is 257 g/mol. The van der Waals surface area contributed by atoms with Gasteiger partial charge in [0, 0.05) is 12.4 Å². The van der Waals surface area contributed by atoms with Crippen LogP contribution in [0.5, 0.6) is 11.5 Å². The molecule has 0 unspecified atom stereocenters. The molecular formula is C13H20ClNO2. The SMILES string of the molecule is COc1ccc(CCNCCCl)c(C)c1OC. The molecule has 0 heterocycles. The van der Waals surface area contributed by atoms with Crippen LogP contribution in [0.1, 0.15) is 11.1 Å². The van der Waals surface area contributed by atoms with Crippen LogP contribution in [0, 0.1) is 6.92 Å². The molecule has 0 aliphatic carbocycles. The third-order valence-corrected chi connectivity index (χ3v) is 2.94. The summed E-state index contributed by atoms with van der Waals surface area (Å²) in [7, 11) is 3.32. The molecule has 96 valence electrons. The summed E-state index contributed by atoms with van der Waals surface area (Å²) in [5.41, 5.74) is 2.41. The van der Waals surface area contributed by atoms with Crippen molar-refractivity contribution in [2.75, 3.05) is 33.2 Å². The van der Waals surface area contributed by atoms with Crippen LogP contribution >= 0.6 is 11.6 Å². The Morgan fingerprint density at radius 1 is 1.18 bits per heavy atom. The molecule has 3 nitrogen and oxygen atoms in total. The number of hydrogen-bond donors (Lipinski definition) is 1. The van der Waals surface area contributed by atoms with Crippen molar-refractivity contribution < 1.29 is 9.47 Å². The molecule has 0 aliphatic rings. The van der Waals surface area contributed by atoms with Gasteiger partial charge in [-0.15, -0.1) is 11.6 Å². The first-order chi connectivity index (χ1) is 8.24.